The molecule has 2 N–H and O–H groups in total. The lowest BCUT2D eigenvalue weighted by Gasteiger charge is -2.22. The Labute approximate surface area is 178 Å². The number of rotatable bonds is 8. The van der Waals surface area contributed by atoms with Crippen LogP contribution in [0.5, 0.6) is 0 Å². The number of carbonyl (C=O) groups excluding carboxylic acids is 2. The molecule has 3 aromatic rings. The SMILES string of the molecule is CC(C)C(NC(=O)c1c(F)cccc1F)C(=O)NCc1ccc(Cn2cncn2)cc1. The number of carbonyl (C=O) groups is 2. The molecule has 0 fully saturated rings. The molecule has 1 aromatic heterocycles. The minimum Gasteiger partial charge on any atom is -0.350 e. The number of halogens is 2. The first-order valence-electron chi connectivity index (χ1n) is 9.78. The van der Waals surface area contributed by atoms with Crippen LogP contribution < -0.4 is 10.6 Å². The van der Waals surface area contributed by atoms with Crippen LogP contribution in [0.15, 0.2) is 55.1 Å². The summed E-state index contributed by atoms with van der Waals surface area (Å²) in [5.74, 6) is -3.66. The van der Waals surface area contributed by atoms with Crippen LogP contribution in [0.4, 0.5) is 8.78 Å². The van der Waals surface area contributed by atoms with Gasteiger partial charge in [0.15, 0.2) is 0 Å². The Bertz CT molecular complexity index is 1020. The first kappa shape index (κ1) is 22.1. The molecular formula is C22H23F2N5O2. The van der Waals surface area contributed by atoms with Crippen molar-refractivity contribution in [2.75, 3.05) is 0 Å². The normalized spacial score (nSPS) is 11.9. The van der Waals surface area contributed by atoms with Gasteiger partial charge in [0.05, 0.1) is 6.54 Å². The van der Waals surface area contributed by atoms with E-state index in [9.17, 15) is 18.4 Å². The van der Waals surface area contributed by atoms with E-state index in [1.54, 1.807) is 24.9 Å². The number of nitrogens with one attached hydrogen (secondary N) is 2. The smallest absolute Gasteiger partial charge is 0.257 e. The maximum Gasteiger partial charge on any atom is 0.257 e. The molecule has 0 radical (unpaired) electrons. The standard InChI is InChI=1S/C22H23F2N5O2/c1-14(2)20(28-21(30)19-17(23)4-3-5-18(19)24)22(31)26-10-15-6-8-16(9-7-15)11-29-13-25-12-27-29/h3-9,12-14,20H,10-11H2,1-2H3,(H,26,31)(H,28,30). The molecule has 31 heavy (non-hydrogen) atoms. The maximum absolute atomic E-state index is 13.9. The van der Waals surface area contributed by atoms with Crippen LogP contribution in [-0.2, 0) is 17.9 Å². The summed E-state index contributed by atoms with van der Waals surface area (Å²) in [7, 11) is 0. The van der Waals surface area contributed by atoms with Crippen molar-refractivity contribution in [3.63, 3.8) is 0 Å². The molecule has 0 aliphatic rings. The fourth-order valence-electron chi connectivity index (χ4n) is 3.03. The summed E-state index contributed by atoms with van der Waals surface area (Å²) in [5, 5.41) is 9.25. The molecule has 0 saturated heterocycles. The van der Waals surface area contributed by atoms with Gasteiger partial charge < -0.3 is 10.6 Å². The van der Waals surface area contributed by atoms with Crippen LogP contribution in [0, 0.1) is 17.6 Å². The van der Waals surface area contributed by atoms with Crippen molar-refractivity contribution in [1.82, 2.24) is 25.4 Å². The van der Waals surface area contributed by atoms with E-state index in [1.165, 1.54) is 12.4 Å². The third-order valence-electron chi connectivity index (χ3n) is 4.73. The van der Waals surface area contributed by atoms with Crippen LogP contribution in [0.2, 0.25) is 0 Å². The van der Waals surface area contributed by atoms with Crippen molar-refractivity contribution >= 4 is 11.8 Å². The Morgan fingerprint density at radius 3 is 2.26 bits per heavy atom. The van der Waals surface area contributed by atoms with Gasteiger partial charge in [0, 0.05) is 6.54 Å². The Hall–Kier alpha value is -3.62. The van der Waals surface area contributed by atoms with E-state index in [0.717, 1.165) is 23.3 Å². The molecule has 0 saturated carbocycles. The minimum absolute atomic E-state index is 0.246. The third kappa shape index (κ3) is 5.71. The highest BCUT2D eigenvalue weighted by Gasteiger charge is 2.27. The zero-order valence-corrected chi connectivity index (χ0v) is 17.2. The van der Waals surface area contributed by atoms with Crippen LogP contribution in [-0.4, -0.2) is 32.6 Å². The highest BCUT2D eigenvalue weighted by Crippen LogP contribution is 2.13. The largest absolute Gasteiger partial charge is 0.350 e. The molecule has 1 heterocycles. The molecule has 0 aliphatic heterocycles. The van der Waals surface area contributed by atoms with E-state index in [0.29, 0.717) is 6.54 Å². The lowest BCUT2D eigenvalue weighted by atomic mass is 10.0. The van der Waals surface area contributed by atoms with E-state index in [-0.39, 0.29) is 12.5 Å². The monoisotopic (exact) mass is 427 g/mol. The first-order chi connectivity index (χ1) is 14.8. The van der Waals surface area contributed by atoms with Crippen molar-refractivity contribution in [2.24, 2.45) is 5.92 Å². The van der Waals surface area contributed by atoms with Gasteiger partial charge in [-0.25, -0.2) is 18.4 Å². The fourth-order valence-corrected chi connectivity index (χ4v) is 3.03. The zero-order chi connectivity index (χ0) is 22.4. The second-order valence-corrected chi connectivity index (χ2v) is 7.42. The second-order valence-electron chi connectivity index (χ2n) is 7.42. The van der Waals surface area contributed by atoms with Crippen LogP contribution in [0.1, 0.15) is 35.3 Å². The molecule has 0 bridgehead atoms. The Balaban J connectivity index is 1.60. The first-order valence-corrected chi connectivity index (χ1v) is 9.78. The van der Waals surface area contributed by atoms with Gasteiger partial charge in [-0.2, -0.15) is 5.10 Å². The van der Waals surface area contributed by atoms with E-state index in [1.807, 2.05) is 24.3 Å². The van der Waals surface area contributed by atoms with Gasteiger partial charge in [-0.05, 0) is 29.2 Å². The molecule has 3 rings (SSSR count). The second kappa shape index (κ2) is 9.92. The molecule has 2 amide bonds. The summed E-state index contributed by atoms with van der Waals surface area (Å²) in [6.07, 6.45) is 3.09. The molecule has 1 atom stereocenters. The average Bonchev–Trinajstić information content (AvgIpc) is 3.24. The van der Waals surface area contributed by atoms with Gasteiger partial charge in [0.25, 0.3) is 5.91 Å². The van der Waals surface area contributed by atoms with Gasteiger partial charge in [0.2, 0.25) is 5.91 Å². The maximum atomic E-state index is 13.9. The summed E-state index contributed by atoms with van der Waals surface area (Å²) >= 11 is 0. The topological polar surface area (TPSA) is 88.9 Å². The van der Waals surface area contributed by atoms with E-state index < -0.39 is 35.1 Å². The summed E-state index contributed by atoms with van der Waals surface area (Å²) in [6.45, 7) is 4.30. The summed E-state index contributed by atoms with van der Waals surface area (Å²) < 4.78 is 29.4. The van der Waals surface area contributed by atoms with Crippen molar-refractivity contribution in [2.45, 2.75) is 33.0 Å². The van der Waals surface area contributed by atoms with Gasteiger partial charge in [-0.15, -0.1) is 0 Å². The van der Waals surface area contributed by atoms with Gasteiger partial charge >= 0.3 is 0 Å². The lowest BCUT2D eigenvalue weighted by Crippen LogP contribution is -2.49. The molecule has 2 aromatic carbocycles. The number of benzene rings is 2. The van der Waals surface area contributed by atoms with E-state index in [2.05, 4.69) is 20.7 Å². The predicted molar refractivity (Wildman–Crippen MR) is 110 cm³/mol. The van der Waals surface area contributed by atoms with Gasteiger partial charge in [0.1, 0.15) is 35.9 Å². The summed E-state index contributed by atoms with van der Waals surface area (Å²) in [4.78, 5) is 28.9. The molecule has 0 aliphatic carbocycles. The van der Waals surface area contributed by atoms with Crippen molar-refractivity contribution in [3.05, 3.63) is 83.4 Å². The number of nitrogens with zero attached hydrogens (tertiary/aromatic N) is 3. The fraction of sp³-hybridized carbons (Fsp3) is 0.273. The minimum atomic E-state index is -0.980. The Morgan fingerprint density at radius 2 is 1.68 bits per heavy atom. The molecule has 0 spiro atoms. The van der Waals surface area contributed by atoms with Crippen LogP contribution in [0.3, 0.4) is 0 Å². The highest BCUT2D eigenvalue weighted by atomic mass is 19.1. The number of amides is 2. The number of hydrogen-bond donors (Lipinski definition) is 2. The number of aromatic nitrogens is 3. The predicted octanol–water partition coefficient (Wildman–Crippen LogP) is 2.68. The highest BCUT2D eigenvalue weighted by molar-refractivity contribution is 5.98. The Morgan fingerprint density at radius 1 is 1.03 bits per heavy atom. The zero-order valence-electron chi connectivity index (χ0n) is 17.2. The average molecular weight is 427 g/mol. The van der Waals surface area contributed by atoms with Gasteiger partial charge in [-0.1, -0.05) is 44.2 Å². The molecule has 1 unspecified atom stereocenters. The molecule has 162 valence electrons. The molecule has 7 nitrogen and oxygen atoms in total. The van der Waals surface area contributed by atoms with Crippen LogP contribution in [0.25, 0.3) is 0 Å². The van der Waals surface area contributed by atoms with E-state index >= 15 is 0 Å². The molecular weight excluding hydrogens is 404 g/mol. The van der Waals surface area contributed by atoms with Crippen LogP contribution >= 0.6 is 0 Å². The van der Waals surface area contributed by atoms with Gasteiger partial charge in [-0.3, -0.25) is 9.59 Å². The van der Waals surface area contributed by atoms with Crippen molar-refractivity contribution in [1.29, 1.82) is 0 Å². The van der Waals surface area contributed by atoms with E-state index in [4.69, 9.17) is 0 Å². The molecule has 9 heteroatoms. The number of hydrogen-bond acceptors (Lipinski definition) is 4. The van der Waals surface area contributed by atoms with Crippen molar-refractivity contribution in [3.8, 4) is 0 Å². The lowest BCUT2D eigenvalue weighted by molar-refractivity contribution is -0.124. The summed E-state index contributed by atoms with van der Waals surface area (Å²) in [5.41, 5.74) is 1.19. The summed E-state index contributed by atoms with van der Waals surface area (Å²) in [6, 6.07) is 9.82. The quantitative estimate of drug-likeness (QED) is 0.579. The third-order valence-corrected chi connectivity index (χ3v) is 4.73. The van der Waals surface area contributed by atoms with Crippen molar-refractivity contribution < 1.29 is 18.4 Å². The Kier molecular flexibility index (Phi) is 7.07.